The molecule has 0 saturated carbocycles. The zero-order valence-corrected chi connectivity index (χ0v) is 20.2. The molecule has 4 aliphatic rings. The van der Waals surface area contributed by atoms with Gasteiger partial charge in [0, 0.05) is 48.7 Å². The third-order valence-electron chi connectivity index (χ3n) is 8.11. The van der Waals surface area contributed by atoms with Crippen molar-refractivity contribution in [1.82, 2.24) is 14.8 Å². The number of pyridine rings is 1. The van der Waals surface area contributed by atoms with Crippen LogP contribution in [0.2, 0.25) is 0 Å². The number of nitrogens with zero attached hydrogens (tertiary/aromatic N) is 4. The van der Waals surface area contributed by atoms with Crippen LogP contribution in [-0.2, 0) is 0 Å². The van der Waals surface area contributed by atoms with E-state index in [1.54, 1.807) is 0 Å². The highest BCUT2D eigenvalue weighted by Gasteiger charge is 2.48. The lowest BCUT2D eigenvalue weighted by Gasteiger charge is -2.46. The lowest BCUT2D eigenvalue weighted by molar-refractivity contribution is 0.155. The molecule has 3 aliphatic heterocycles. The van der Waals surface area contributed by atoms with E-state index in [1.165, 1.54) is 17.7 Å². The fourth-order valence-electron chi connectivity index (χ4n) is 6.04. The minimum atomic E-state index is -0.1000. The summed E-state index contributed by atoms with van der Waals surface area (Å²) in [6.07, 6.45) is 14.4. The van der Waals surface area contributed by atoms with E-state index >= 15 is 0 Å². The molecule has 1 aromatic heterocycles. The van der Waals surface area contributed by atoms with Crippen LogP contribution in [0.4, 0.5) is 5.82 Å². The molecule has 2 aromatic rings. The third kappa shape index (κ3) is 3.59. The number of likely N-dealkylation sites (N-methyl/N-ethyl adjacent to an activating group) is 1. The van der Waals surface area contributed by atoms with E-state index in [1.807, 2.05) is 12.3 Å². The zero-order valence-electron chi connectivity index (χ0n) is 20.2. The summed E-state index contributed by atoms with van der Waals surface area (Å²) in [5.41, 5.74) is 4.72. The van der Waals surface area contributed by atoms with E-state index < -0.39 is 0 Å². The summed E-state index contributed by atoms with van der Waals surface area (Å²) in [6.45, 7) is 6.78. The summed E-state index contributed by atoms with van der Waals surface area (Å²) in [4.78, 5) is 15.0. The van der Waals surface area contributed by atoms with E-state index in [4.69, 9.17) is 4.99 Å². The van der Waals surface area contributed by atoms with Crippen molar-refractivity contribution in [3.05, 3.63) is 95.9 Å². The van der Waals surface area contributed by atoms with Crippen LogP contribution in [0.5, 0.6) is 0 Å². The average Bonchev–Trinajstić information content (AvgIpc) is 3.43. The molecule has 4 heterocycles. The van der Waals surface area contributed by atoms with Gasteiger partial charge in [0.25, 0.3) is 0 Å². The smallest absolute Gasteiger partial charge is 0.127 e. The predicted molar refractivity (Wildman–Crippen MR) is 139 cm³/mol. The minimum absolute atomic E-state index is 0.1000. The Bertz CT molecular complexity index is 1190. The number of benzene rings is 1. The van der Waals surface area contributed by atoms with Crippen molar-refractivity contribution < 1.29 is 0 Å². The number of dihydropyridines is 1. The van der Waals surface area contributed by atoms with Crippen LogP contribution in [0, 0.1) is 5.41 Å². The maximum atomic E-state index is 5.23. The molecule has 5 heteroatoms. The first-order valence-corrected chi connectivity index (χ1v) is 12.4. The van der Waals surface area contributed by atoms with Crippen LogP contribution in [0.15, 0.2) is 89.7 Å². The normalized spacial score (nSPS) is 30.7. The van der Waals surface area contributed by atoms with Gasteiger partial charge >= 0.3 is 0 Å². The largest absolute Gasteiger partial charge is 0.368 e. The van der Waals surface area contributed by atoms with Gasteiger partial charge < -0.3 is 10.2 Å². The van der Waals surface area contributed by atoms with Gasteiger partial charge in [-0.1, -0.05) is 54.6 Å². The molecule has 174 valence electrons. The van der Waals surface area contributed by atoms with Gasteiger partial charge in [-0.2, -0.15) is 0 Å². The van der Waals surface area contributed by atoms with Crippen molar-refractivity contribution in [2.75, 3.05) is 25.5 Å². The average molecular weight is 452 g/mol. The number of fused-ring (bicyclic) bond motifs is 3. The summed E-state index contributed by atoms with van der Waals surface area (Å²) in [5, 5.41) is 3.57. The molecule has 1 N–H and O–H groups in total. The molecular weight excluding hydrogens is 418 g/mol. The molecule has 4 unspecified atom stereocenters. The summed E-state index contributed by atoms with van der Waals surface area (Å²) in [5.74, 6) is 0.876. The first-order chi connectivity index (χ1) is 16.5. The highest BCUT2D eigenvalue weighted by atomic mass is 15.3. The Balaban J connectivity index is 1.32. The Hall–Kier alpha value is -3.18. The second kappa shape index (κ2) is 8.24. The number of hydrogen-bond donors (Lipinski definition) is 1. The highest BCUT2D eigenvalue weighted by molar-refractivity contribution is 6.10. The molecule has 0 radical (unpaired) electrons. The molecule has 1 aromatic carbocycles. The van der Waals surface area contributed by atoms with Crippen molar-refractivity contribution in [3.63, 3.8) is 0 Å². The Kier molecular flexibility index (Phi) is 5.18. The molecule has 5 atom stereocenters. The second-order valence-electron chi connectivity index (χ2n) is 10.4. The summed E-state index contributed by atoms with van der Waals surface area (Å²) >= 11 is 0. The van der Waals surface area contributed by atoms with Crippen molar-refractivity contribution in [2.24, 2.45) is 10.4 Å². The van der Waals surface area contributed by atoms with Gasteiger partial charge in [-0.15, -0.1) is 0 Å². The number of piperazine rings is 1. The van der Waals surface area contributed by atoms with Crippen molar-refractivity contribution >= 4 is 11.5 Å². The summed E-state index contributed by atoms with van der Waals surface area (Å²) in [6, 6.07) is 16.3. The van der Waals surface area contributed by atoms with Gasteiger partial charge in [-0.25, -0.2) is 4.98 Å². The molecule has 5 nitrogen and oxygen atoms in total. The van der Waals surface area contributed by atoms with E-state index in [0.717, 1.165) is 30.2 Å². The highest BCUT2D eigenvalue weighted by Crippen LogP contribution is 2.46. The summed E-state index contributed by atoms with van der Waals surface area (Å²) < 4.78 is 0. The SMILES string of the molecule is C[C@H](Nc1cc(C2=NC3C=CC=CC3(C)C(N3CC4CC3CN4C)=C2)ccn1)c1ccccc1. The standard InChI is InChI=1S/C29H33N5/c1-20(21-9-5-4-6-10-21)31-28-15-22(12-14-30-28)25-17-27(29(2)13-8-7-11-26(29)32-25)34-19-23-16-24(34)18-33(23)3/h4-15,17,20,23-24,26H,16,18-19H2,1-3H3,(H,30,31)/t20-,23?,24?,26?,29?/m0/s1. The van der Waals surface area contributed by atoms with Crippen LogP contribution in [0.25, 0.3) is 0 Å². The minimum Gasteiger partial charge on any atom is -0.368 e. The Morgan fingerprint density at radius 1 is 1.09 bits per heavy atom. The first-order valence-electron chi connectivity index (χ1n) is 12.4. The van der Waals surface area contributed by atoms with Gasteiger partial charge in [0.2, 0.25) is 0 Å². The predicted octanol–water partition coefficient (Wildman–Crippen LogP) is 4.83. The lowest BCUT2D eigenvalue weighted by atomic mass is 9.73. The first kappa shape index (κ1) is 21.4. The molecule has 0 spiro atoms. The maximum Gasteiger partial charge on any atom is 0.127 e. The number of aromatic nitrogens is 1. The Labute approximate surface area is 202 Å². The van der Waals surface area contributed by atoms with Crippen LogP contribution in [0.3, 0.4) is 0 Å². The number of likely N-dealkylation sites (tertiary alicyclic amines) is 2. The molecule has 34 heavy (non-hydrogen) atoms. The molecule has 6 rings (SSSR count). The van der Waals surface area contributed by atoms with Gasteiger partial charge in [0.05, 0.1) is 17.2 Å². The quantitative estimate of drug-likeness (QED) is 0.707. The van der Waals surface area contributed by atoms with Crippen LogP contribution in [-0.4, -0.2) is 58.8 Å². The topological polar surface area (TPSA) is 43.8 Å². The maximum absolute atomic E-state index is 5.23. The Morgan fingerprint density at radius 2 is 1.94 bits per heavy atom. The molecule has 2 saturated heterocycles. The van der Waals surface area contributed by atoms with E-state index in [9.17, 15) is 0 Å². The fraction of sp³-hybridized carbons (Fsp3) is 0.379. The van der Waals surface area contributed by atoms with Crippen molar-refractivity contribution in [1.29, 1.82) is 0 Å². The van der Waals surface area contributed by atoms with Crippen LogP contribution >= 0.6 is 0 Å². The number of nitrogens with one attached hydrogen (secondary N) is 1. The number of rotatable bonds is 5. The fourth-order valence-corrected chi connectivity index (χ4v) is 6.04. The number of anilines is 1. The monoisotopic (exact) mass is 451 g/mol. The Morgan fingerprint density at radius 3 is 2.71 bits per heavy atom. The van der Waals surface area contributed by atoms with Crippen molar-refractivity contribution in [3.8, 4) is 0 Å². The van der Waals surface area contributed by atoms with Gasteiger partial charge in [0.1, 0.15) is 5.82 Å². The van der Waals surface area contributed by atoms with E-state index in [-0.39, 0.29) is 17.5 Å². The van der Waals surface area contributed by atoms with Crippen molar-refractivity contribution in [2.45, 2.75) is 44.4 Å². The van der Waals surface area contributed by atoms with Gasteiger partial charge in [-0.3, -0.25) is 9.89 Å². The van der Waals surface area contributed by atoms with E-state index in [0.29, 0.717) is 12.1 Å². The molecule has 0 amide bonds. The summed E-state index contributed by atoms with van der Waals surface area (Å²) in [7, 11) is 2.26. The molecule has 2 bridgehead atoms. The van der Waals surface area contributed by atoms with Gasteiger partial charge in [-0.05, 0) is 51.1 Å². The zero-order chi connectivity index (χ0) is 23.3. The second-order valence-corrected chi connectivity index (χ2v) is 10.4. The number of hydrogen-bond acceptors (Lipinski definition) is 5. The number of allylic oxidation sites excluding steroid dienone is 3. The van der Waals surface area contributed by atoms with E-state index in [2.05, 4.69) is 108 Å². The molecule has 2 fully saturated rings. The van der Waals surface area contributed by atoms with Crippen LogP contribution in [0.1, 0.15) is 37.4 Å². The van der Waals surface area contributed by atoms with Crippen LogP contribution < -0.4 is 5.32 Å². The number of aliphatic imine (C=N–C) groups is 1. The third-order valence-corrected chi connectivity index (χ3v) is 8.11. The lowest BCUT2D eigenvalue weighted by Crippen LogP contribution is -2.50. The molecule has 1 aliphatic carbocycles. The van der Waals surface area contributed by atoms with Gasteiger partial charge in [0.15, 0.2) is 0 Å². The molecular formula is C29H33N5.